The van der Waals surface area contributed by atoms with Crippen LogP contribution in [0.15, 0.2) is 43.0 Å². The number of rotatable bonds is 2. The van der Waals surface area contributed by atoms with Crippen LogP contribution in [0, 0.1) is 0 Å². The number of hydrogen-bond acceptors (Lipinski definition) is 3. The minimum Gasteiger partial charge on any atom is -0.506 e. The van der Waals surface area contributed by atoms with Crippen LogP contribution in [0.1, 0.15) is 52.7 Å². The second kappa shape index (κ2) is 7.28. The van der Waals surface area contributed by atoms with Crippen LogP contribution in [0.25, 0.3) is 0 Å². The first-order chi connectivity index (χ1) is 11.7. The molecule has 0 spiro atoms. The third-order valence-corrected chi connectivity index (χ3v) is 6.43. The molecule has 0 radical (unpaired) electrons. The molecule has 0 saturated carbocycles. The average Bonchev–Trinajstić information content (AvgIpc) is 2.48. The van der Waals surface area contributed by atoms with Gasteiger partial charge in [-0.2, -0.15) is 0 Å². The lowest BCUT2D eigenvalue weighted by molar-refractivity contribution is 0.430. The molecule has 0 atom stereocenters. The molecule has 0 aliphatic carbocycles. The van der Waals surface area contributed by atoms with Crippen molar-refractivity contribution >= 4 is 42.7 Å². The van der Waals surface area contributed by atoms with Gasteiger partial charge in [-0.15, -0.1) is 0 Å². The molecular formula is C20H24Br2O3S. The Kier molecular flexibility index (Phi) is 6.01. The third kappa shape index (κ3) is 4.34. The van der Waals surface area contributed by atoms with Gasteiger partial charge >= 0.3 is 0 Å². The molecule has 6 heteroatoms. The molecule has 2 N–H and O–H groups in total. The van der Waals surface area contributed by atoms with E-state index in [9.17, 15) is 14.4 Å². The summed E-state index contributed by atoms with van der Waals surface area (Å²) in [5.74, 6) is -0.00793. The fourth-order valence-electron chi connectivity index (χ4n) is 2.69. The highest BCUT2D eigenvalue weighted by Gasteiger charge is 2.28. The van der Waals surface area contributed by atoms with Crippen LogP contribution in [0.4, 0.5) is 0 Å². The van der Waals surface area contributed by atoms with Crippen LogP contribution < -0.4 is 0 Å². The molecule has 26 heavy (non-hydrogen) atoms. The normalized spacial score (nSPS) is 12.7. The van der Waals surface area contributed by atoms with Crippen molar-refractivity contribution in [2.24, 2.45) is 0 Å². The minimum absolute atomic E-state index is 0.00397. The summed E-state index contributed by atoms with van der Waals surface area (Å²) in [6.45, 7) is 11.9. The Balaban J connectivity index is 2.72. The molecular weight excluding hydrogens is 480 g/mol. The quantitative estimate of drug-likeness (QED) is 0.499. The smallest absolute Gasteiger partial charge is 0.135 e. The second-order valence-electron chi connectivity index (χ2n) is 8.37. The van der Waals surface area contributed by atoms with Crippen molar-refractivity contribution in [3.8, 4) is 11.5 Å². The number of hydrogen-bond donors (Lipinski definition) is 2. The van der Waals surface area contributed by atoms with Gasteiger partial charge in [0, 0.05) is 20.1 Å². The molecule has 0 saturated heterocycles. The van der Waals surface area contributed by atoms with Crippen LogP contribution in [0.5, 0.6) is 11.5 Å². The van der Waals surface area contributed by atoms with Crippen molar-refractivity contribution in [1.82, 2.24) is 0 Å². The molecule has 2 aromatic carbocycles. The molecule has 0 bridgehead atoms. The van der Waals surface area contributed by atoms with Crippen molar-refractivity contribution in [3.05, 3.63) is 44.3 Å². The van der Waals surface area contributed by atoms with Crippen molar-refractivity contribution in [3.63, 3.8) is 0 Å². The minimum atomic E-state index is -1.74. The van der Waals surface area contributed by atoms with E-state index in [1.165, 1.54) is 0 Å². The summed E-state index contributed by atoms with van der Waals surface area (Å²) in [4.78, 5) is 0.551. The lowest BCUT2D eigenvalue weighted by atomic mass is 9.86. The van der Waals surface area contributed by atoms with Crippen LogP contribution in [-0.4, -0.2) is 14.4 Å². The van der Waals surface area contributed by atoms with Crippen LogP contribution in [0.3, 0.4) is 0 Å². The van der Waals surface area contributed by atoms with E-state index in [1.54, 1.807) is 12.1 Å². The van der Waals surface area contributed by atoms with Gasteiger partial charge in [-0.25, -0.2) is 4.21 Å². The van der Waals surface area contributed by atoms with E-state index in [-0.39, 0.29) is 32.1 Å². The zero-order valence-corrected chi connectivity index (χ0v) is 19.8. The monoisotopic (exact) mass is 502 g/mol. The van der Waals surface area contributed by atoms with Gasteiger partial charge in [0.05, 0.1) is 20.6 Å². The van der Waals surface area contributed by atoms with Gasteiger partial charge in [-0.05, 0) is 35.1 Å². The Hall–Kier alpha value is -0.850. The molecule has 0 heterocycles. The van der Waals surface area contributed by atoms with Gasteiger partial charge in [-0.1, -0.05) is 73.4 Å². The van der Waals surface area contributed by atoms with Gasteiger partial charge in [0.2, 0.25) is 0 Å². The maximum Gasteiger partial charge on any atom is 0.135 e. The van der Waals surface area contributed by atoms with E-state index in [0.29, 0.717) is 11.1 Å². The molecule has 142 valence electrons. The summed E-state index contributed by atoms with van der Waals surface area (Å²) in [7, 11) is -1.74. The van der Waals surface area contributed by atoms with E-state index in [0.717, 1.165) is 8.95 Å². The molecule has 2 rings (SSSR count). The summed E-state index contributed by atoms with van der Waals surface area (Å²) in [6, 6.07) is 6.93. The van der Waals surface area contributed by atoms with E-state index >= 15 is 0 Å². The summed E-state index contributed by atoms with van der Waals surface area (Å²) in [5, 5.41) is 21.5. The highest BCUT2D eigenvalue weighted by molar-refractivity contribution is 9.10. The standard InChI is InChI=1S/C20H24Br2O3S/c1-19(2,3)13-7-11(21)9-15(17(13)23)26(25)16-10-12(22)8-14(18(16)24)20(4,5)6/h7-10,23-24H,1-6H3. The Morgan fingerprint density at radius 3 is 1.31 bits per heavy atom. The predicted octanol–water partition coefficient (Wildman–Crippen LogP) is 6.38. The van der Waals surface area contributed by atoms with Gasteiger partial charge in [0.1, 0.15) is 11.5 Å². The first-order valence-electron chi connectivity index (χ1n) is 8.21. The Morgan fingerprint density at radius 2 is 1.04 bits per heavy atom. The Labute approximate surface area is 174 Å². The predicted molar refractivity (Wildman–Crippen MR) is 114 cm³/mol. The lowest BCUT2D eigenvalue weighted by Crippen LogP contribution is -2.14. The van der Waals surface area contributed by atoms with Gasteiger partial charge < -0.3 is 10.2 Å². The number of phenols is 2. The highest BCUT2D eigenvalue weighted by Crippen LogP contribution is 2.43. The van der Waals surface area contributed by atoms with E-state index in [1.807, 2.05) is 53.7 Å². The van der Waals surface area contributed by atoms with Gasteiger partial charge in [-0.3, -0.25) is 0 Å². The highest BCUT2D eigenvalue weighted by atomic mass is 79.9. The second-order valence-corrected chi connectivity index (χ2v) is 11.6. The average molecular weight is 504 g/mol. The van der Waals surface area contributed by atoms with Crippen molar-refractivity contribution < 1.29 is 14.4 Å². The molecule has 0 fully saturated rings. The maximum absolute atomic E-state index is 13.3. The SMILES string of the molecule is CC(C)(C)c1cc(Br)cc(S(=O)c2cc(Br)cc(C(C)(C)C)c2O)c1O. The zero-order chi connectivity index (χ0) is 20.0. The van der Waals surface area contributed by atoms with Crippen molar-refractivity contribution in [2.75, 3.05) is 0 Å². The van der Waals surface area contributed by atoms with Crippen LogP contribution in [-0.2, 0) is 21.6 Å². The Bertz CT molecular complexity index is 807. The molecule has 2 aromatic rings. The number of benzene rings is 2. The lowest BCUT2D eigenvalue weighted by Gasteiger charge is -2.24. The number of aromatic hydroxyl groups is 2. The summed E-state index contributed by atoms with van der Waals surface area (Å²) >= 11 is 6.88. The molecule has 0 amide bonds. The number of halogens is 2. The maximum atomic E-state index is 13.3. The van der Waals surface area contributed by atoms with E-state index < -0.39 is 10.8 Å². The van der Waals surface area contributed by atoms with Gasteiger partial charge in [0.15, 0.2) is 0 Å². The summed E-state index contributed by atoms with van der Waals surface area (Å²) < 4.78 is 14.8. The fourth-order valence-corrected chi connectivity index (χ4v) is 5.19. The van der Waals surface area contributed by atoms with Crippen LogP contribution in [0.2, 0.25) is 0 Å². The first-order valence-corrected chi connectivity index (χ1v) is 10.9. The number of phenolic OH excluding ortho intramolecular Hbond substituents is 2. The fraction of sp³-hybridized carbons (Fsp3) is 0.400. The van der Waals surface area contributed by atoms with Crippen LogP contribution >= 0.6 is 31.9 Å². The first kappa shape index (κ1) is 21.5. The van der Waals surface area contributed by atoms with Crippen molar-refractivity contribution in [2.45, 2.75) is 62.2 Å². The topological polar surface area (TPSA) is 57.5 Å². The summed E-state index contributed by atoms with van der Waals surface area (Å²) in [5.41, 5.74) is 0.757. The molecule has 0 aliphatic heterocycles. The molecule has 3 nitrogen and oxygen atoms in total. The van der Waals surface area contributed by atoms with Gasteiger partial charge in [0.25, 0.3) is 0 Å². The molecule has 0 aliphatic rings. The Morgan fingerprint density at radius 1 is 0.731 bits per heavy atom. The molecule has 0 aromatic heterocycles. The third-order valence-electron chi connectivity index (χ3n) is 4.09. The van der Waals surface area contributed by atoms with E-state index in [2.05, 4.69) is 31.9 Å². The zero-order valence-electron chi connectivity index (χ0n) is 15.8. The largest absolute Gasteiger partial charge is 0.506 e. The molecule has 0 unspecified atom stereocenters. The summed E-state index contributed by atoms with van der Waals surface area (Å²) in [6.07, 6.45) is 0. The van der Waals surface area contributed by atoms with E-state index in [4.69, 9.17) is 0 Å². The van der Waals surface area contributed by atoms with Crippen molar-refractivity contribution in [1.29, 1.82) is 0 Å².